The highest BCUT2D eigenvalue weighted by molar-refractivity contribution is 9.10. The standard InChI is InChI=1S/C18H19BrN2O4S2/c19-14-3-5-15(6-4-14)27(23,24)20-9-7-18(8-10-20)21(11-13-26-18)17(22)16-2-1-12-25-16/h1-6,12H,7-11,13H2. The Bertz CT molecular complexity index is 921. The van der Waals surface area contributed by atoms with Gasteiger partial charge in [0.05, 0.1) is 16.0 Å². The number of benzene rings is 1. The molecule has 0 saturated carbocycles. The van der Waals surface area contributed by atoms with Crippen molar-refractivity contribution >= 4 is 43.6 Å². The Morgan fingerprint density at radius 2 is 1.81 bits per heavy atom. The molecule has 2 saturated heterocycles. The van der Waals surface area contributed by atoms with Gasteiger partial charge in [0.2, 0.25) is 10.0 Å². The number of amides is 1. The van der Waals surface area contributed by atoms with Crippen LogP contribution in [0.1, 0.15) is 23.4 Å². The maximum Gasteiger partial charge on any atom is 0.290 e. The first-order valence-corrected chi connectivity index (χ1v) is 11.9. The Hall–Kier alpha value is -1.29. The fourth-order valence-electron chi connectivity index (χ4n) is 3.67. The Morgan fingerprint density at radius 1 is 1.11 bits per heavy atom. The molecular weight excluding hydrogens is 452 g/mol. The highest BCUT2D eigenvalue weighted by atomic mass is 79.9. The van der Waals surface area contributed by atoms with E-state index < -0.39 is 10.0 Å². The normalized spacial score (nSPS) is 20.3. The lowest BCUT2D eigenvalue weighted by Crippen LogP contribution is -2.53. The summed E-state index contributed by atoms with van der Waals surface area (Å²) in [6.45, 7) is 1.45. The molecule has 1 aromatic heterocycles. The lowest BCUT2D eigenvalue weighted by Gasteiger charge is -2.43. The van der Waals surface area contributed by atoms with E-state index in [1.807, 2.05) is 4.90 Å². The number of nitrogens with zero attached hydrogens (tertiary/aromatic N) is 2. The van der Waals surface area contributed by atoms with Crippen molar-refractivity contribution in [2.75, 3.05) is 25.4 Å². The number of rotatable bonds is 3. The van der Waals surface area contributed by atoms with Gasteiger partial charge in [0.25, 0.3) is 5.91 Å². The van der Waals surface area contributed by atoms with Crippen molar-refractivity contribution in [3.63, 3.8) is 0 Å². The van der Waals surface area contributed by atoms with Crippen LogP contribution in [-0.4, -0.2) is 53.8 Å². The summed E-state index contributed by atoms with van der Waals surface area (Å²) >= 11 is 5.07. The molecule has 0 atom stereocenters. The maximum atomic E-state index is 12.9. The molecule has 0 radical (unpaired) electrons. The Labute approximate surface area is 171 Å². The topological polar surface area (TPSA) is 70.8 Å². The van der Waals surface area contributed by atoms with Crippen LogP contribution in [0, 0.1) is 0 Å². The minimum atomic E-state index is -3.52. The van der Waals surface area contributed by atoms with E-state index in [4.69, 9.17) is 4.42 Å². The molecule has 2 aliphatic rings. The molecule has 6 nitrogen and oxygen atoms in total. The van der Waals surface area contributed by atoms with Crippen LogP contribution in [0.5, 0.6) is 0 Å². The molecule has 0 aliphatic carbocycles. The van der Waals surface area contributed by atoms with E-state index in [2.05, 4.69) is 15.9 Å². The molecule has 144 valence electrons. The number of carbonyl (C=O) groups excluding carboxylic acids is 1. The molecule has 0 N–H and O–H groups in total. The number of halogens is 1. The SMILES string of the molecule is O=C(c1ccco1)N1CCSC12CCN(S(=O)(=O)c1ccc(Br)cc1)CC2. The summed E-state index contributed by atoms with van der Waals surface area (Å²) in [6.07, 6.45) is 2.72. The molecular formula is C18H19BrN2O4S2. The van der Waals surface area contributed by atoms with E-state index in [9.17, 15) is 13.2 Å². The monoisotopic (exact) mass is 470 g/mol. The van der Waals surface area contributed by atoms with E-state index in [1.54, 1.807) is 48.2 Å². The van der Waals surface area contributed by atoms with E-state index in [0.717, 1.165) is 10.2 Å². The second kappa shape index (κ2) is 7.27. The smallest absolute Gasteiger partial charge is 0.290 e. The molecule has 2 aliphatic heterocycles. The van der Waals surface area contributed by atoms with Gasteiger partial charge in [-0.15, -0.1) is 11.8 Å². The first kappa shape index (κ1) is 19.0. The average molecular weight is 471 g/mol. The fraction of sp³-hybridized carbons (Fsp3) is 0.389. The second-order valence-electron chi connectivity index (χ2n) is 6.59. The number of sulfonamides is 1. The lowest BCUT2D eigenvalue weighted by molar-refractivity contribution is 0.0573. The van der Waals surface area contributed by atoms with Crippen molar-refractivity contribution in [1.29, 1.82) is 0 Å². The van der Waals surface area contributed by atoms with Gasteiger partial charge in [0, 0.05) is 29.9 Å². The van der Waals surface area contributed by atoms with Crippen molar-refractivity contribution in [3.05, 3.63) is 52.9 Å². The van der Waals surface area contributed by atoms with Crippen molar-refractivity contribution in [3.8, 4) is 0 Å². The summed E-state index contributed by atoms with van der Waals surface area (Å²) in [4.78, 5) is 14.6. The first-order chi connectivity index (χ1) is 12.9. The van der Waals surface area contributed by atoms with E-state index in [1.165, 1.54) is 10.6 Å². The van der Waals surface area contributed by atoms with Crippen LogP contribution in [0.3, 0.4) is 0 Å². The molecule has 1 spiro atoms. The molecule has 9 heteroatoms. The van der Waals surface area contributed by atoms with Crippen LogP contribution in [-0.2, 0) is 10.0 Å². The van der Waals surface area contributed by atoms with Crippen LogP contribution < -0.4 is 0 Å². The largest absolute Gasteiger partial charge is 0.459 e. The van der Waals surface area contributed by atoms with Gasteiger partial charge in [0.1, 0.15) is 0 Å². The van der Waals surface area contributed by atoms with Gasteiger partial charge in [-0.3, -0.25) is 4.79 Å². The molecule has 3 heterocycles. The summed E-state index contributed by atoms with van der Waals surface area (Å²) in [5.41, 5.74) is 0. The third-order valence-electron chi connectivity index (χ3n) is 5.11. The molecule has 2 fully saturated rings. The zero-order valence-electron chi connectivity index (χ0n) is 14.5. The van der Waals surface area contributed by atoms with Gasteiger partial charge in [-0.05, 0) is 49.2 Å². The molecule has 0 unspecified atom stereocenters. The third kappa shape index (κ3) is 3.46. The highest BCUT2D eigenvalue weighted by Gasteiger charge is 2.48. The predicted octanol–water partition coefficient (Wildman–Crippen LogP) is 3.41. The van der Waals surface area contributed by atoms with Gasteiger partial charge >= 0.3 is 0 Å². The van der Waals surface area contributed by atoms with Crippen molar-refractivity contribution < 1.29 is 17.6 Å². The molecule has 1 aromatic carbocycles. The first-order valence-electron chi connectivity index (χ1n) is 8.68. The Morgan fingerprint density at radius 3 is 2.44 bits per heavy atom. The Balaban J connectivity index is 1.51. The number of thioether (sulfide) groups is 1. The van der Waals surface area contributed by atoms with Crippen LogP contribution >= 0.6 is 27.7 Å². The van der Waals surface area contributed by atoms with E-state index >= 15 is 0 Å². The summed E-state index contributed by atoms with van der Waals surface area (Å²) in [6, 6.07) is 10.1. The summed E-state index contributed by atoms with van der Waals surface area (Å²) in [5.74, 6) is 1.07. The van der Waals surface area contributed by atoms with Crippen molar-refractivity contribution in [2.24, 2.45) is 0 Å². The zero-order valence-corrected chi connectivity index (χ0v) is 17.7. The second-order valence-corrected chi connectivity index (χ2v) is 10.9. The minimum Gasteiger partial charge on any atom is -0.459 e. The summed E-state index contributed by atoms with van der Waals surface area (Å²) in [5, 5.41) is 0. The quantitative estimate of drug-likeness (QED) is 0.686. The summed E-state index contributed by atoms with van der Waals surface area (Å²) < 4.78 is 33.5. The Kier molecular flexibility index (Phi) is 5.13. The van der Waals surface area contributed by atoms with Crippen molar-refractivity contribution in [1.82, 2.24) is 9.21 Å². The molecule has 4 rings (SSSR count). The van der Waals surface area contributed by atoms with Crippen molar-refractivity contribution in [2.45, 2.75) is 22.6 Å². The van der Waals surface area contributed by atoms with Gasteiger partial charge in [-0.25, -0.2) is 8.42 Å². The fourth-order valence-corrected chi connectivity index (χ4v) is 6.84. The van der Waals surface area contributed by atoms with Gasteiger partial charge < -0.3 is 9.32 Å². The number of carbonyl (C=O) groups is 1. The highest BCUT2D eigenvalue weighted by Crippen LogP contribution is 2.45. The number of furan rings is 1. The molecule has 2 aromatic rings. The lowest BCUT2D eigenvalue weighted by atomic mass is 10.0. The maximum absolute atomic E-state index is 12.9. The van der Waals surface area contributed by atoms with E-state index in [-0.39, 0.29) is 10.8 Å². The average Bonchev–Trinajstić information content (AvgIpc) is 3.33. The number of hydrogen-bond acceptors (Lipinski definition) is 5. The molecule has 1 amide bonds. The minimum absolute atomic E-state index is 0.116. The van der Waals surface area contributed by atoms with Crippen LogP contribution in [0.25, 0.3) is 0 Å². The van der Waals surface area contributed by atoms with Gasteiger partial charge in [-0.2, -0.15) is 4.31 Å². The molecule has 0 bridgehead atoms. The zero-order chi connectivity index (χ0) is 19.1. The third-order valence-corrected chi connectivity index (χ3v) is 9.10. The number of piperidine rings is 1. The van der Waals surface area contributed by atoms with E-state index in [0.29, 0.717) is 43.1 Å². The molecule has 27 heavy (non-hydrogen) atoms. The predicted molar refractivity (Wildman–Crippen MR) is 107 cm³/mol. The van der Waals surface area contributed by atoms with Crippen LogP contribution in [0.2, 0.25) is 0 Å². The number of hydrogen-bond donors (Lipinski definition) is 0. The van der Waals surface area contributed by atoms with Crippen LogP contribution in [0.4, 0.5) is 0 Å². The summed E-state index contributed by atoms with van der Waals surface area (Å²) in [7, 11) is -3.52. The van der Waals surface area contributed by atoms with Gasteiger partial charge in [-0.1, -0.05) is 15.9 Å². The van der Waals surface area contributed by atoms with Crippen LogP contribution in [0.15, 0.2) is 56.4 Å². The van der Waals surface area contributed by atoms with Gasteiger partial charge in [0.15, 0.2) is 5.76 Å².